The Hall–Kier alpha value is -8.06. The second-order valence-corrected chi connectivity index (χ2v) is 18.3. The molecule has 0 amide bonds. The zero-order valence-electron chi connectivity index (χ0n) is 42.5. The molecule has 2 heterocycles. The summed E-state index contributed by atoms with van der Waals surface area (Å²) in [6, 6.07) is 58.7. The van der Waals surface area contributed by atoms with E-state index in [9.17, 15) is 24.3 Å². The van der Waals surface area contributed by atoms with Crippen molar-refractivity contribution in [1.29, 1.82) is 0 Å². The number of methoxy groups -OCH3 is 1. The molecule has 9 rings (SSSR count). The van der Waals surface area contributed by atoms with Gasteiger partial charge in [-0.1, -0.05) is 146 Å². The molecular weight excluding hydrogens is 1000 g/mol. The van der Waals surface area contributed by atoms with Gasteiger partial charge in [0.25, 0.3) is 0 Å². The van der Waals surface area contributed by atoms with Crippen LogP contribution in [0.25, 0.3) is 0 Å². The lowest BCUT2D eigenvalue weighted by Gasteiger charge is -2.46. The van der Waals surface area contributed by atoms with Crippen LogP contribution in [0.5, 0.6) is 5.75 Å². The second-order valence-electron chi connectivity index (χ2n) is 18.3. The van der Waals surface area contributed by atoms with Crippen LogP contribution in [-0.4, -0.2) is 111 Å². The standard InChI is InChI=1S/C62H58O16/c1-68-48-34-32-47(33-35-48)60(66)75-51-49(39-69-36-41-20-8-2-9-21-41)74-62(56(71-38-43-24-12-4-13-25-43)53(51)70-37-42-22-10-3-11-23-42)72-40-50-52(76-57(63)44-26-14-5-15-27-44)54(77-58(64)45-28-16-6-17-29-45)55(61(67)73-50)78-59(65)46-30-18-7-19-31-46/h2-35,49-56,61-62,67H,36-40H2,1H3/t49-,50-,51-,52+,53+,54+,55-,56+,61-,62+/m1/s1. The number of carbonyl (C=O) groups is 4. The van der Waals surface area contributed by atoms with Crippen molar-refractivity contribution in [3.05, 3.63) is 245 Å². The maximum Gasteiger partial charge on any atom is 0.338 e. The van der Waals surface area contributed by atoms with E-state index in [-0.39, 0.29) is 48.7 Å². The van der Waals surface area contributed by atoms with E-state index in [2.05, 4.69) is 0 Å². The van der Waals surface area contributed by atoms with Gasteiger partial charge >= 0.3 is 23.9 Å². The molecule has 0 spiro atoms. The fourth-order valence-electron chi connectivity index (χ4n) is 8.89. The summed E-state index contributed by atoms with van der Waals surface area (Å²) in [6.07, 6.45) is -14.5. The first-order valence-corrected chi connectivity index (χ1v) is 25.4. The van der Waals surface area contributed by atoms with Gasteiger partial charge in [0.05, 0.1) is 62.4 Å². The van der Waals surface area contributed by atoms with E-state index < -0.39 is 91.9 Å². The van der Waals surface area contributed by atoms with Gasteiger partial charge in [-0.05, 0) is 77.4 Å². The van der Waals surface area contributed by atoms with E-state index in [4.69, 9.17) is 52.1 Å². The Kier molecular flexibility index (Phi) is 19.2. The largest absolute Gasteiger partial charge is 0.497 e. The molecule has 402 valence electrons. The Morgan fingerprint density at radius 2 is 0.756 bits per heavy atom. The molecule has 16 nitrogen and oxygen atoms in total. The van der Waals surface area contributed by atoms with Gasteiger partial charge in [0.1, 0.15) is 30.2 Å². The average molecular weight is 1060 g/mol. The van der Waals surface area contributed by atoms with Crippen molar-refractivity contribution >= 4 is 23.9 Å². The molecule has 0 aliphatic carbocycles. The summed E-state index contributed by atoms with van der Waals surface area (Å²) in [5.74, 6) is -2.78. The van der Waals surface area contributed by atoms with Gasteiger partial charge in [-0.3, -0.25) is 0 Å². The Morgan fingerprint density at radius 1 is 0.385 bits per heavy atom. The molecule has 1 N–H and O–H groups in total. The van der Waals surface area contributed by atoms with Crippen LogP contribution >= 0.6 is 0 Å². The van der Waals surface area contributed by atoms with Crippen molar-refractivity contribution in [2.45, 2.75) is 81.2 Å². The summed E-state index contributed by atoms with van der Waals surface area (Å²) in [4.78, 5) is 56.2. The summed E-state index contributed by atoms with van der Waals surface area (Å²) < 4.78 is 69.7. The first-order chi connectivity index (χ1) is 38.2. The highest BCUT2D eigenvalue weighted by molar-refractivity contribution is 5.91. The van der Waals surface area contributed by atoms with Crippen LogP contribution in [-0.2, 0) is 67.2 Å². The maximum atomic E-state index is 14.3. The Labute approximate surface area is 451 Å². The first-order valence-electron chi connectivity index (χ1n) is 25.4. The highest BCUT2D eigenvalue weighted by atomic mass is 16.7. The van der Waals surface area contributed by atoms with Gasteiger partial charge in [0.2, 0.25) is 0 Å². The van der Waals surface area contributed by atoms with Gasteiger partial charge in [-0.2, -0.15) is 0 Å². The average Bonchev–Trinajstić information content (AvgIpc) is 3.55. The van der Waals surface area contributed by atoms with Gasteiger partial charge < -0.3 is 57.2 Å². The maximum absolute atomic E-state index is 14.3. The Morgan fingerprint density at radius 3 is 1.22 bits per heavy atom. The SMILES string of the molecule is COc1ccc(C(=O)O[C@H]2[C@H](OCc3ccccc3)[C@H](OCc3ccccc3)[C@@H](OC[C@H]3O[C@@H](O)[C@H](OC(=O)c4ccccc4)[C@@H](OC(=O)c4ccccc4)[C@H]3OC(=O)c3ccccc3)O[C@@H]2COCc2ccccc2)cc1. The number of hydrogen-bond donors (Lipinski definition) is 1. The number of benzene rings is 7. The van der Waals surface area contributed by atoms with Crippen molar-refractivity contribution in [3.63, 3.8) is 0 Å². The topological polar surface area (TPSA) is 190 Å². The molecule has 0 bridgehead atoms. The molecule has 2 saturated heterocycles. The minimum atomic E-state index is -1.98. The molecule has 7 aromatic rings. The highest BCUT2D eigenvalue weighted by Gasteiger charge is 2.55. The van der Waals surface area contributed by atoms with Crippen LogP contribution in [0.2, 0.25) is 0 Å². The lowest BCUT2D eigenvalue weighted by molar-refractivity contribution is -0.336. The number of ether oxygens (including phenoxy) is 11. The quantitative estimate of drug-likeness (QED) is 0.0500. The van der Waals surface area contributed by atoms with Gasteiger partial charge in [0, 0.05) is 0 Å². The molecule has 0 radical (unpaired) electrons. The number of aliphatic hydroxyl groups excluding tert-OH is 1. The summed E-state index contributed by atoms with van der Waals surface area (Å²) in [6.45, 7) is -0.484. The van der Waals surface area contributed by atoms with Crippen LogP contribution in [0.15, 0.2) is 206 Å². The van der Waals surface area contributed by atoms with E-state index >= 15 is 0 Å². The number of esters is 4. The molecule has 2 fully saturated rings. The third-order valence-electron chi connectivity index (χ3n) is 12.9. The van der Waals surface area contributed by atoms with Crippen molar-refractivity contribution in [3.8, 4) is 5.75 Å². The van der Waals surface area contributed by atoms with Gasteiger partial charge in [0.15, 0.2) is 37.0 Å². The molecule has 2 aliphatic rings. The molecule has 0 aromatic heterocycles. The van der Waals surface area contributed by atoms with Crippen molar-refractivity contribution in [2.75, 3.05) is 20.3 Å². The molecule has 10 atom stereocenters. The lowest BCUT2D eigenvalue weighted by Crippen LogP contribution is -2.64. The van der Waals surface area contributed by atoms with Gasteiger partial charge in [-0.15, -0.1) is 0 Å². The van der Waals surface area contributed by atoms with E-state index in [1.54, 1.807) is 78.9 Å². The normalized spacial score (nSPS) is 22.8. The number of hydrogen-bond acceptors (Lipinski definition) is 16. The Balaban J connectivity index is 1.09. The predicted octanol–water partition coefficient (Wildman–Crippen LogP) is 8.74. The fraction of sp³-hybridized carbons (Fsp3) is 0.258. The van der Waals surface area contributed by atoms with Crippen molar-refractivity contribution in [2.24, 2.45) is 0 Å². The molecule has 16 heteroatoms. The van der Waals surface area contributed by atoms with E-state index in [0.29, 0.717) is 5.75 Å². The van der Waals surface area contributed by atoms with Crippen LogP contribution in [0.1, 0.15) is 58.1 Å². The molecule has 78 heavy (non-hydrogen) atoms. The molecular formula is C62H58O16. The van der Waals surface area contributed by atoms with Crippen LogP contribution < -0.4 is 4.74 Å². The van der Waals surface area contributed by atoms with Crippen molar-refractivity contribution < 1.29 is 76.4 Å². The highest BCUT2D eigenvalue weighted by Crippen LogP contribution is 2.35. The van der Waals surface area contributed by atoms with Crippen LogP contribution in [0.3, 0.4) is 0 Å². The molecule has 7 aromatic carbocycles. The van der Waals surface area contributed by atoms with Crippen LogP contribution in [0, 0.1) is 0 Å². The number of aliphatic hydroxyl groups is 1. The summed E-state index contributed by atoms with van der Waals surface area (Å²) in [5, 5.41) is 11.9. The third-order valence-corrected chi connectivity index (χ3v) is 12.9. The smallest absolute Gasteiger partial charge is 0.338 e. The minimum absolute atomic E-state index is 0.0101. The van der Waals surface area contributed by atoms with E-state index in [1.807, 2.05) is 91.0 Å². The molecule has 2 aliphatic heterocycles. The molecule has 0 saturated carbocycles. The second kappa shape index (κ2) is 27.3. The van der Waals surface area contributed by atoms with Gasteiger partial charge in [-0.25, -0.2) is 19.2 Å². The molecule has 0 unspecified atom stereocenters. The monoisotopic (exact) mass is 1060 g/mol. The summed E-state index contributed by atoms with van der Waals surface area (Å²) in [5.41, 5.74) is 3.04. The van der Waals surface area contributed by atoms with Crippen LogP contribution in [0.4, 0.5) is 0 Å². The fourth-order valence-corrected chi connectivity index (χ4v) is 8.89. The summed E-state index contributed by atoms with van der Waals surface area (Å²) in [7, 11) is 1.52. The minimum Gasteiger partial charge on any atom is -0.497 e. The third kappa shape index (κ3) is 14.5. The van der Waals surface area contributed by atoms with Crippen molar-refractivity contribution in [1.82, 2.24) is 0 Å². The zero-order chi connectivity index (χ0) is 54.1. The lowest BCUT2D eigenvalue weighted by atomic mass is 9.96. The number of carbonyl (C=O) groups excluding carboxylic acids is 4. The predicted molar refractivity (Wildman–Crippen MR) is 281 cm³/mol. The first kappa shape index (κ1) is 54.7. The van der Waals surface area contributed by atoms with E-state index in [0.717, 1.165) is 16.7 Å². The Bertz CT molecular complexity index is 2970. The number of rotatable bonds is 22. The summed E-state index contributed by atoms with van der Waals surface area (Å²) >= 11 is 0. The zero-order valence-corrected chi connectivity index (χ0v) is 42.5. The van der Waals surface area contributed by atoms with E-state index in [1.165, 1.54) is 43.5 Å².